The number of rotatable bonds is 4. The van der Waals surface area contributed by atoms with E-state index in [-0.39, 0.29) is 5.43 Å². The number of hydrogen-bond donors (Lipinski definition) is 1. The Hall–Kier alpha value is -2.62. The fourth-order valence-electron chi connectivity index (χ4n) is 2.52. The molecule has 0 spiro atoms. The fraction of sp³-hybridized carbons (Fsp3) is 0.176. The van der Waals surface area contributed by atoms with Crippen LogP contribution in [0.4, 0.5) is 5.69 Å². The predicted molar refractivity (Wildman–Crippen MR) is 85.2 cm³/mol. The molecule has 0 aliphatic carbocycles. The van der Waals surface area contributed by atoms with E-state index in [4.69, 9.17) is 5.73 Å². The van der Waals surface area contributed by atoms with Crippen LogP contribution in [0.3, 0.4) is 0 Å². The summed E-state index contributed by atoms with van der Waals surface area (Å²) in [4.78, 5) is 11.8. The average molecular weight is 279 g/mol. The van der Waals surface area contributed by atoms with Gasteiger partial charge < -0.3 is 5.73 Å². The van der Waals surface area contributed by atoms with Crippen molar-refractivity contribution >= 4 is 16.6 Å². The van der Waals surface area contributed by atoms with Crippen molar-refractivity contribution in [2.75, 3.05) is 5.73 Å². The monoisotopic (exact) mass is 279 g/mol. The minimum Gasteiger partial charge on any atom is -0.399 e. The smallest absolute Gasteiger partial charge is 0.207 e. The van der Waals surface area contributed by atoms with Gasteiger partial charge in [0.2, 0.25) is 5.43 Å². The minimum absolute atomic E-state index is 0.0299. The number of aromatic nitrogens is 2. The number of fused-ring (bicyclic) bond motifs is 1. The number of nitrogen functional groups attached to an aromatic ring is 1. The van der Waals surface area contributed by atoms with E-state index < -0.39 is 0 Å². The van der Waals surface area contributed by atoms with Gasteiger partial charge in [0.05, 0.1) is 11.7 Å². The van der Waals surface area contributed by atoms with E-state index in [9.17, 15) is 4.79 Å². The third-order valence-corrected chi connectivity index (χ3v) is 3.55. The van der Waals surface area contributed by atoms with Gasteiger partial charge in [0.25, 0.3) is 0 Å². The third-order valence-electron chi connectivity index (χ3n) is 3.55. The van der Waals surface area contributed by atoms with Gasteiger partial charge in [0, 0.05) is 17.6 Å². The molecule has 0 amide bonds. The van der Waals surface area contributed by atoms with Crippen LogP contribution in [0.15, 0.2) is 59.5 Å². The molecule has 0 aliphatic heterocycles. The number of anilines is 1. The highest BCUT2D eigenvalue weighted by Crippen LogP contribution is 2.11. The Morgan fingerprint density at radius 1 is 1.10 bits per heavy atom. The van der Waals surface area contributed by atoms with Crippen molar-refractivity contribution in [3.63, 3.8) is 0 Å². The van der Waals surface area contributed by atoms with Gasteiger partial charge in [-0.15, -0.1) is 0 Å². The summed E-state index contributed by atoms with van der Waals surface area (Å²) in [5, 5.41) is 4.95. The van der Waals surface area contributed by atoms with E-state index in [2.05, 4.69) is 11.2 Å². The van der Waals surface area contributed by atoms with Gasteiger partial charge in [-0.2, -0.15) is 5.10 Å². The lowest BCUT2D eigenvalue weighted by molar-refractivity contribution is 0.586. The molecule has 0 saturated heterocycles. The van der Waals surface area contributed by atoms with Gasteiger partial charge >= 0.3 is 0 Å². The SMILES string of the molecule is Nc1cccc(CCCn2ncc(=O)c3ccccc32)c1. The number of aryl methyl sites for hydroxylation is 2. The average Bonchev–Trinajstić information content (AvgIpc) is 2.50. The van der Waals surface area contributed by atoms with Gasteiger partial charge in [-0.3, -0.25) is 9.48 Å². The predicted octanol–water partition coefficient (Wildman–Crippen LogP) is 2.61. The number of hydrogen-bond acceptors (Lipinski definition) is 3. The lowest BCUT2D eigenvalue weighted by Gasteiger charge is -2.09. The lowest BCUT2D eigenvalue weighted by Crippen LogP contribution is -2.12. The number of para-hydroxylation sites is 1. The highest BCUT2D eigenvalue weighted by molar-refractivity contribution is 5.77. The van der Waals surface area contributed by atoms with Gasteiger partial charge in [-0.1, -0.05) is 24.3 Å². The van der Waals surface area contributed by atoms with Crippen molar-refractivity contribution in [3.8, 4) is 0 Å². The normalized spacial score (nSPS) is 10.9. The van der Waals surface area contributed by atoms with Crippen molar-refractivity contribution in [3.05, 3.63) is 70.5 Å². The summed E-state index contributed by atoms with van der Waals surface area (Å²) in [5.41, 5.74) is 8.65. The van der Waals surface area contributed by atoms with E-state index in [1.54, 1.807) is 0 Å². The zero-order valence-corrected chi connectivity index (χ0v) is 11.7. The van der Waals surface area contributed by atoms with Gasteiger partial charge in [-0.25, -0.2) is 0 Å². The summed E-state index contributed by atoms with van der Waals surface area (Å²) in [6.45, 7) is 0.773. The molecule has 1 aromatic heterocycles. The largest absolute Gasteiger partial charge is 0.399 e. The van der Waals surface area contributed by atoms with E-state index in [1.807, 2.05) is 47.1 Å². The van der Waals surface area contributed by atoms with E-state index in [0.29, 0.717) is 0 Å². The summed E-state index contributed by atoms with van der Waals surface area (Å²) >= 11 is 0. The first-order valence-electron chi connectivity index (χ1n) is 7.03. The van der Waals surface area contributed by atoms with Crippen LogP contribution in [0.1, 0.15) is 12.0 Å². The first kappa shape index (κ1) is 13.4. The van der Waals surface area contributed by atoms with Crippen molar-refractivity contribution < 1.29 is 0 Å². The molecule has 0 saturated carbocycles. The maximum atomic E-state index is 11.8. The number of nitrogens with zero attached hydrogens (tertiary/aromatic N) is 2. The molecule has 2 N–H and O–H groups in total. The molecule has 0 aliphatic rings. The summed E-state index contributed by atoms with van der Waals surface area (Å²) < 4.78 is 1.89. The highest BCUT2D eigenvalue weighted by Gasteiger charge is 2.03. The second kappa shape index (κ2) is 5.79. The van der Waals surface area contributed by atoms with Crippen LogP contribution in [-0.2, 0) is 13.0 Å². The fourth-order valence-corrected chi connectivity index (χ4v) is 2.52. The van der Waals surface area contributed by atoms with Crippen LogP contribution < -0.4 is 11.2 Å². The maximum absolute atomic E-state index is 11.8. The molecule has 3 rings (SSSR count). The second-order valence-corrected chi connectivity index (χ2v) is 5.10. The Kier molecular flexibility index (Phi) is 3.69. The number of benzene rings is 2. The van der Waals surface area contributed by atoms with Crippen molar-refractivity contribution in [2.45, 2.75) is 19.4 Å². The van der Waals surface area contributed by atoms with E-state index in [1.165, 1.54) is 11.8 Å². The van der Waals surface area contributed by atoms with E-state index in [0.717, 1.165) is 36.0 Å². The van der Waals surface area contributed by atoms with E-state index >= 15 is 0 Å². The lowest BCUT2D eigenvalue weighted by atomic mass is 10.1. The zero-order valence-electron chi connectivity index (χ0n) is 11.7. The molecule has 0 radical (unpaired) electrons. The minimum atomic E-state index is -0.0299. The van der Waals surface area contributed by atoms with Crippen LogP contribution in [0.5, 0.6) is 0 Å². The first-order valence-corrected chi connectivity index (χ1v) is 7.03. The van der Waals surface area contributed by atoms with Crippen LogP contribution >= 0.6 is 0 Å². The molecular weight excluding hydrogens is 262 g/mol. The van der Waals surface area contributed by atoms with Gasteiger partial charge in [-0.05, 0) is 42.7 Å². The maximum Gasteiger partial charge on any atom is 0.207 e. The Bertz CT molecular complexity index is 823. The molecule has 0 atom stereocenters. The third kappa shape index (κ3) is 2.94. The molecule has 4 heteroatoms. The topological polar surface area (TPSA) is 60.9 Å². The summed E-state index contributed by atoms with van der Waals surface area (Å²) in [6, 6.07) is 15.5. The molecule has 2 aromatic carbocycles. The van der Waals surface area contributed by atoms with Crippen molar-refractivity contribution in [1.82, 2.24) is 9.78 Å². The van der Waals surface area contributed by atoms with Crippen LogP contribution in [0.25, 0.3) is 10.9 Å². The molecular formula is C17H17N3O. The summed E-state index contributed by atoms with van der Waals surface area (Å²) in [6.07, 6.45) is 3.28. The molecule has 1 heterocycles. The van der Waals surface area contributed by atoms with Crippen molar-refractivity contribution in [2.24, 2.45) is 0 Å². The standard InChI is InChI=1S/C17H17N3O/c18-14-7-3-5-13(11-14)6-4-10-20-16-9-2-1-8-15(16)17(21)12-19-20/h1-3,5,7-9,11-12H,4,6,10,18H2. The highest BCUT2D eigenvalue weighted by atomic mass is 16.1. The Labute approximate surface area is 122 Å². The molecule has 4 nitrogen and oxygen atoms in total. The second-order valence-electron chi connectivity index (χ2n) is 5.10. The van der Waals surface area contributed by atoms with Crippen LogP contribution in [-0.4, -0.2) is 9.78 Å². The molecule has 3 aromatic rings. The molecule has 106 valence electrons. The quantitative estimate of drug-likeness (QED) is 0.747. The Morgan fingerprint density at radius 3 is 2.81 bits per heavy atom. The first-order chi connectivity index (χ1) is 10.2. The van der Waals surface area contributed by atoms with Crippen molar-refractivity contribution in [1.29, 1.82) is 0 Å². The molecule has 21 heavy (non-hydrogen) atoms. The molecule has 0 bridgehead atoms. The number of nitrogens with two attached hydrogens (primary N) is 1. The molecule has 0 fully saturated rings. The van der Waals surface area contributed by atoms with Crippen LogP contribution in [0, 0.1) is 0 Å². The van der Waals surface area contributed by atoms with Crippen LogP contribution in [0.2, 0.25) is 0 Å². The zero-order chi connectivity index (χ0) is 14.7. The van der Waals surface area contributed by atoms with Gasteiger partial charge in [0.15, 0.2) is 0 Å². The Balaban J connectivity index is 1.77. The Morgan fingerprint density at radius 2 is 1.95 bits per heavy atom. The molecule has 0 unspecified atom stereocenters. The summed E-state index contributed by atoms with van der Waals surface area (Å²) in [5.74, 6) is 0. The summed E-state index contributed by atoms with van der Waals surface area (Å²) in [7, 11) is 0. The van der Waals surface area contributed by atoms with Gasteiger partial charge in [0.1, 0.15) is 0 Å².